The zero-order chi connectivity index (χ0) is 16.7. The fourth-order valence-electron chi connectivity index (χ4n) is 3.28. The van der Waals surface area contributed by atoms with E-state index in [0.29, 0.717) is 5.92 Å². The zero-order valence-corrected chi connectivity index (χ0v) is 15.1. The molecule has 5 nitrogen and oxygen atoms in total. The van der Waals surface area contributed by atoms with E-state index in [0.717, 1.165) is 64.6 Å². The Morgan fingerprint density at radius 2 is 1.74 bits per heavy atom. The second kappa shape index (κ2) is 8.88. The molecule has 1 N–H and O–H groups in total. The number of likely N-dealkylation sites (tertiary alicyclic amines) is 1. The van der Waals surface area contributed by atoms with Gasteiger partial charge < -0.3 is 19.7 Å². The highest BCUT2D eigenvalue weighted by Gasteiger charge is 2.26. The maximum atomic E-state index is 12.0. The highest BCUT2D eigenvalue weighted by Crippen LogP contribution is 2.22. The van der Waals surface area contributed by atoms with Crippen LogP contribution in [0.5, 0.6) is 0 Å². The minimum Gasteiger partial charge on any atom is -0.444 e. The summed E-state index contributed by atoms with van der Waals surface area (Å²) >= 11 is 0. The quantitative estimate of drug-likeness (QED) is 0.789. The molecule has 0 aromatic heterocycles. The third-order valence-corrected chi connectivity index (χ3v) is 4.75. The molecule has 1 amide bonds. The van der Waals surface area contributed by atoms with E-state index in [1.165, 1.54) is 12.8 Å². The van der Waals surface area contributed by atoms with Crippen LogP contribution >= 0.6 is 0 Å². The maximum Gasteiger partial charge on any atom is 0.410 e. The minimum absolute atomic E-state index is 0.168. The lowest BCUT2D eigenvalue weighted by molar-refractivity contribution is 0.0160. The molecule has 0 aliphatic carbocycles. The molecule has 2 aliphatic rings. The first kappa shape index (κ1) is 18.5. The Morgan fingerprint density at radius 1 is 1.09 bits per heavy atom. The molecule has 0 saturated carbocycles. The van der Waals surface area contributed by atoms with Crippen molar-refractivity contribution in [3.05, 3.63) is 0 Å². The number of carbonyl (C=O) groups excluding carboxylic acids is 1. The molecular weight excluding hydrogens is 292 g/mol. The van der Waals surface area contributed by atoms with Crippen LogP contribution in [-0.2, 0) is 9.47 Å². The first-order chi connectivity index (χ1) is 10.9. The highest BCUT2D eigenvalue weighted by molar-refractivity contribution is 5.68. The Hall–Kier alpha value is -0.810. The number of nitrogens with one attached hydrogen (secondary N) is 1. The van der Waals surface area contributed by atoms with Gasteiger partial charge in [-0.25, -0.2) is 4.79 Å². The van der Waals surface area contributed by atoms with Gasteiger partial charge in [0.2, 0.25) is 0 Å². The van der Waals surface area contributed by atoms with E-state index in [1.54, 1.807) is 0 Å². The van der Waals surface area contributed by atoms with E-state index in [1.807, 2.05) is 25.7 Å². The molecule has 0 radical (unpaired) electrons. The van der Waals surface area contributed by atoms with E-state index in [9.17, 15) is 4.79 Å². The fourth-order valence-corrected chi connectivity index (χ4v) is 3.28. The second-order valence-electron chi connectivity index (χ2n) is 7.97. The molecular formula is C18H34N2O3. The standard InChI is InChI=1S/C18H34N2O3/c1-18(2,3)23-17(21)20-11-6-15(7-12-20)8-13-22-14-16-4-9-19-10-5-16/h15-16,19H,4-14H2,1-3H3. The van der Waals surface area contributed by atoms with Crippen molar-refractivity contribution in [1.29, 1.82) is 0 Å². The third-order valence-electron chi connectivity index (χ3n) is 4.75. The Morgan fingerprint density at radius 3 is 2.35 bits per heavy atom. The van der Waals surface area contributed by atoms with Crippen LogP contribution in [0.2, 0.25) is 0 Å². The van der Waals surface area contributed by atoms with Gasteiger partial charge >= 0.3 is 6.09 Å². The van der Waals surface area contributed by atoms with Gasteiger partial charge in [0.25, 0.3) is 0 Å². The van der Waals surface area contributed by atoms with Crippen molar-refractivity contribution in [2.45, 2.75) is 58.5 Å². The van der Waals surface area contributed by atoms with Crippen molar-refractivity contribution in [3.63, 3.8) is 0 Å². The molecule has 0 atom stereocenters. The van der Waals surface area contributed by atoms with Crippen molar-refractivity contribution in [3.8, 4) is 0 Å². The normalized spacial score (nSPS) is 21.4. The summed E-state index contributed by atoms with van der Waals surface area (Å²) in [6, 6.07) is 0. The van der Waals surface area contributed by atoms with Crippen LogP contribution in [-0.4, -0.2) is 56.0 Å². The second-order valence-corrected chi connectivity index (χ2v) is 7.97. The van der Waals surface area contributed by atoms with Gasteiger partial charge in [-0.15, -0.1) is 0 Å². The first-order valence-corrected chi connectivity index (χ1v) is 9.20. The molecule has 2 saturated heterocycles. The lowest BCUT2D eigenvalue weighted by atomic mass is 9.94. The molecule has 0 aromatic carbocycles. The number of ether oxygens (including phenoxy) is 2. The number of carbonyl (C=O) groups is 1. The summed E-state index contributed by atoms with van der Waals surface area (Å²) in [6.45, 7) is 11.4. The van der Waals surface area contributed by atoms with Crippen LogP contribution in [0.1, 0.15) is 52.9 Å². The van der Waals surface area contributed by atoms with Gasteiger partial charge in [0.05, 0.1) is 0 Å². The minimum atomic E-state index is -0.406. The molecule has 0 unspecified atom stereocenters. The first-order valence-electron chi connectivity index (χ1n) is 9.20. The summed E-state index contributed by atoms with van der Waals surface area (Å²) in [4.78, 5) is 13.9. The van der Waals surface area contributed by atoms with Gasteiger partial charge in [0, 0.05) is 26.3 Å². The van der Waals surface area contributed by atoms with E-state index in [-0.39, 0.29) is 6.09 Å². The Bertz CT molecular complexity index is 354. The van der Waals surface area contributed by atoms with Gasteiger partial charge in [-0.2, -0.15) is 0 Å². The monoisotopic (exact) mass is 326 g/mol. The summed E-state index contributed by atoms with van der Waals surface area (Å²) in [5.74, 6) is 1.42. The van der Waals surface area contributed by atoms with Crippen LogP contribution in [0.15, 0.2) is 0 Å². The van der Waals surface area contributed by atoms with Gasteiger partial charge in [-0.1, -0.05) is 0 Å². The summed E-state index contributed by atoms with van der Waals surface area (Å²) in [5, 5.41) is 3.39. The average Bonchev–Trinajstić information content (AvgIpc) is 2.51. The largest absolute Gasteiger partial charge is 0.444 e. The van der Waals surface area contributed by atoms with E-state index in [4.69, 9.17) is 9.47 Å². The predicted octanol–water partition coefficient (Wildman–Crippen LogP) is 3.04. The topological polar surface area (TPSA) is 50.8 Å². The number of piperidine rings is 2. The van der Waals surface area contributed by atoms with Gasteiger partial charge in [0.15, 0.2) is 0 Å². The SMILES string of the molecule is CC(C)(C)OC(=O)N1CCC(CCOCC2CCNCC2)CC1. The van der Waals surface area contributed by atoms with Crippen LogP contribution in [0.4, 0.5) is 4.79 Å². The van der Waals surface area contributed by atoms with Gasteiger partial charge in [-0.3, -0.25) is 0 Å². The van der Waals surface area contributed by atoms with Crippen molar-refractivity contribution in [2.24, 2.45) is 11.8 Å². The van der Waals surface area contributed by atoms with Gasteiger partial charge in [0.1, 0.15) is 5.60 Å². The number of hydrogen-bond donors (Lipinski definition) is 1. The Labute approximate surface area is 141 Å². The molecule has 2 fully saturated rings. The molecule has 23 heavy (non-hydrogen) atoms. The molecule has 0 aromatic rings. The van der Waals surface area contributed by atoms with E-state index in [2.05, 4.69) is 5.32 Å². The number of amides is 1. The van der Waals surface area contributed by atoms with Crippen molar-refractivity contribution < 1.29 is 14.3 Å². The molecule has 0 spiro atoms. The predicted molar refractivity (Wildman–Crippen MR) is 91.6 cm³/mol. The molecule has 0 bridgehead atoms. The lowest BCUT2D eigenvalue weighted by Crippen LogP contribution is -2.41. The molecule has 2 rings (SSSR count). The van der Waals surface area contributed by atoms with Crippen molar-refractivity contribution >= 4 is 6.09 Å². The molecule has 134 valence electrons. The number of hydrogen-bond acceptors (Lipinski definition) is 4. The van der Waals surface area contributed by atoms with Crippen LogP contribution in [0, 0.1) is 11.8 Å². The van der Waals surface area contributed by atoms with Crippen LogP contribution < -0.4 is 5.32 Å². The maximum absolute atomic E-state index is 12.0. The summed E-state index contributed by atoms with van der Waals surface area (Å²) in [6.07, 6.45) is 5.57. The number of rotatable bonds is 5. The Kier molecular flexibility index (Phi) is 7.15. The van der Waals surface area contributed by atoms with Crippen LogP contribution in [0.3, 0.4) is 0 Å². The lowest BCUT2D eigenvalue weighted by Gasteiger charge is -2.33. The molecule has 2 aliphatic heterocycles. The van der Waals surface area contributed by atoms with Crippen molar-refractivity contribution in [1.82, 2.24) is 10.2 Å². The Balaban J connectivity index is 1.55. The highest BCUT2D eigenvalue weighted by atomic mass is 16.6. The third kappa shape index (κ3) is 7.08. The van der Waals surface area contributed by atoms with Crippen molar-refractivity contribution in [2.75, 3.05) is 39.4 Å². The van der Waals surface area contributed by atoms with Gasteiger partial charge in [-0.05, 0) is 77.8 Å². The smallest absolute Gasteiger partial charge is 0.410 e. The summed E-state index contributed by atoms with van der Waals surface area (Å²) < 4.78 is 11.3. The zero-order valence-electron chi connectivity index (χ0n) is 15.1. The van der Waals surface area contributed by atoms with E-state index < -0.39 is 5.60 Å². The van der Waals surface area contributed by atoms with Crippen LogP contribution in [0.25, 0.3) is 0 Å². The van der Waals surface area contributed by atoms with E-state index >= 15 is 0 Å². The fraction of sp³-hybridized carbons (Fsp3) is 0.944. The summed E-state index contributed by atoms with van der Waals surface area (Å²) in [5.41, 5.74) is -0.406. The molecule has 2 heterocycles. The average molecular weight is 326 g/mol. The number of nitrogens with zero attached hydrogens (tertiary/aromatic N) is 1. The molecule has 5 heteroatoms. The summed E-state index contributed by atoms with van der Waals surface area (Å²) in [7, 11) is 0.